The van der Waals surface area contributed by atoms with Crippen molar-refractivity contribution in [1.29, 1.82) is 0 Å². The number of hydrogen-bond donors (Lipinski definition) is 3. The molecule has 0 aliphatic carbocycles. The lowest BCUT2D eigenvalue weighted by Crippen LogP contribution is -2.40. The van der Waals surface area contributed by atoms with Crippen LogP contribution in [0, 0.1) is 0 Å². The Labute approximate surface area is 99.8 Å². The zero-order chi connectivity index (χ0) is 13.1. The molecule has 0 radical (unpaired) electrons. The fourth-order valence-electron chi connectivity index (χ4n) is 0.919. The van der Waals surface area contributed by atoms with Crippen molar-refractivity contribution in [2.24, 2.45) is 0 Å². The average molecular weight is 249 g/mol. The van der Waals surface area contributed by atoms with Gasteiger partial charge in [-0.1, -0.05) is 0 Å². The first-order chi connectivity index (χ1) is 8.06. The first-order valence-corrected chi connectivity index (χ1v) is 5.11. The Morgan fingerprint density at radius 3 is 2.65 bits per heavy atom. The molecule has 0 unspecified atom stereocenters. The van der Waals surface area contributed by atoms with Crippen molar-refractivity contribution >= 4 is 12.0 Å². The minimum Gasteiger partial charge on any atom is -0.479 e. The summed E-state index contributed by atoms with van der Waals surface area (Å²) in [5, 5.41) is 10.8. The lowest BCUT2D eigenvalue weighted by atomic mass is 10.5. The van der Waals surface area contributed by atoms with E-state index >= 15 is 0 Å². The second-order valence-corrected chi connectivity index (χ2v) is 3.34. The summed E-state index contributed by atoms with van der Waals surface area (Å²) in [5.41, 5.74) is 1.96. The summed E-state index contributed by atoms with van der Waals surface area (Å²) < 4.78 is 4.90. The van der Waals surface area contributed by atoms with Crippen molar-refractivity contribution in [2.45, 2.75) is 0 Å². The normalized spacial score (nSPS) is 10.3. The molecule has 8 nitrogen and oxygen atoms in total. The van der Waals surface area contributed by atoms with Crippen LogP contribution >= 0.6 is 0 Å². The number of aliphatic carboxylic acids is 1. The highest BCUT2D eigenvalue weighted by Crippen LogP contribution is 1.81. The number of rotatable bonds is 9. The van der Waals surface area contributed by atoms with E-state index in [2.05, 4.69) is 10.2 Å². The van der Waals surface area contributed by atoms with Crippen molar-refractivity contribution in [2.75, 3.05) is 47.0 Å². The smallest absolute Gasteiger partial charge is 0.338 e. The molecule has 0 spiro atoms. The molecular weight excluding hydrogens is 230 g/mol. The number of urea groups is 1. The SMILES string of the molecule is COCCN(C)CCNC(=O)NOCC(=O)O. The molecule has 0 aromatic carbocycles. The van der Waals surface area contributed by atoms with Gasteiger partial charge in [-0.05, 0) is 7.05 Å². The number of carboxylic acids is 1. The van der Waals surface area contributed by atoms with Crippen molar-refractivity contribution in [3.8, 4) is 0 Å². The summed E-state index contributed by atoms with van der Waals surface area (Å²) in [4.78, 5) is 27.5. The number of methoxy groups -OCH3 is 1. The van der Waals surface area contributed by atoms with Gasteiger partial charge in [-0.2, -0.15) is 0 Å². The number of likely N-dealkylation sites (N-methyl/N-ethyl adjacent to an activating group) is 1. The maximum atomic E-state index is 11.0. The number of carboxylic acid groups (broad SMARTS) is 1. The third kappa shape index (κ3) is 10.9. The molecule has 3 N–H and O–H groups in total. The van der Waals surface area contributed by atoms with Crippen molar-refractivity contribution in [3.05, 3.63) is 0 Å². The fraction of sp³-hybridized carbons (Fsp3) is 0.778. The van der Waals surface area contributed by atoms with Crippen LogP contribution in [0.4, 0.5) is 4.79 Å². The highest BCUT2D eigenvalue weighted by atomic mass is 16.7. The zero-order valence-corrected chi connectivity index (χ0v) is 10.1. The molecule has 0 heterocycles. The molecule has 0 saturated carbocycles. The van der Waals surface area contributed by atoms with Gasteiger partial charge in [-0.25, -0.2) is 15.1 Å². The Bertz CT molecular complexity index is 237. The van der Waals surface area contributed by atoms with E-state index in [9.17, 15) is 9.59 Å². The van der Waals surface area contributed by atoms with Crippen molar-refractivity contribution < 1.29 is 24.3 Å². The van der Waals surface area contributed by atoms with Crippen LogP contribution in [-0.4, -0.2) is 69.0 Å². The fourth-order valence-corrected chi connectivity index (χ4v) is 0.919. The van der Waals surface area contributed by atoms with E-state index < -0.39 is 18.6 Å². The number of carbonyl (C=O) groups is 2. The van der Waals surface area contributed by atoms with E-state index in [1.54, 1.807) is 7.11 Å². The monoisotopic (exact) mass is 249 g/mol. The highest BCUT2D eigenvalue weighted by Gasteiger charge is 2.03. The minimum absolute atomic E-state index is 0.433. The third-order valence-electron chi connectivity index (χ3n) is 1.82. The molecule has 0 bridgehead atoms. The van der Waals surface area contributed by atoms with Gasteiger partial charge in [0.2, 0.25) is 0 Å². The lowest BCUT2D eigenvalue weighted by Gasteiger charge is -2.16. The number of ether oxygens (including phenoxy) is 1. The largest absolute Gasteiger partial charge is 0.479 e. The Morgan fingerprint density at radius 1 is 1.35 bits per heavy atom. The van der Waals surface area contributed by atoms with Gasteiger partial charge in [-0.3, -0.25) is 4.84 Å². The molecular formula is C9H19N3O5. The summed E-state index contributed by atoms with van der Waals surface area (Å²) in [6.07, 6.45) is 0. The average Bonchev–Trinajstić information content (AvgIpc) is 2.25. The van der Waals surface area contributed by atoms with Gasteiger partial charge < -0.3 is 20.1 Å². The number of nitrogens with one attached hydrogen (secondary N) is 2. The number of carbonyl (C=O) groups excluding carboxylic acids is 1. The maximum absolute atomic E-state index is 11.0. The molecule has 0 aromatic heterocycles. The molecule has 0 rings (SSSR count). The molecule has 0 aromatic rings. The quantitative estimate of drug-likeness (QED) is 0.448. The highest BCUT2D eigenvalue weighted by molar-refractivity contribution is 5.73. The van der Waals surface area contributed by atoms with Gasteiger partial charge in [0.1, 0.15) is 0 Å². The van der Waals surface area contributed by atoms with Crippen LogP contribution in [0.5, 0.6) is 0 Å². The number of amides is 2. The van der Waals surface area contributed by atoms with Gasteiger partial charge in [0.05, 0.1) is 6.61 Å². The van der Waals surface area contributed by atoms with Crippen molar-refractivity contribution in [3.63, 3.8) is 0 Å². The zero-order valence-electron chi connectivity index (χ0n) is 10.1. The predicted molar refractivity (Wildman–Crippen MR) is 59.5 cm³/mol. The van der Waals surface area contributed by atoms with Crippen LogP contribution in [0.15, 0.2) is 0 Å². The van der Waals surface area contributed by atoms with Gasteiger partial charge in [0.25, 0.3) is 0 Å². The molecule has 17 heavy (non-hydrogen) atoms. The van der Waals surface area contributed by atoms with Crippen LogP contribution in [0.3, 0.4) is 0 Å². The van der Waals surface area contributed by atoms with Gasteiger partial charge in [0, 0.05) is 26.7 Å². The molecule has 0 saturated heterocycles. The van der Waals surface area contributed by atoms with E-state index in [0.29, 0.717) is 19.7 Å². The number of nitrogens with zero attached hydrogens (tertiary/aromatic N) is 1. The topological polar surface area (TPSA) is 100 Å². The Kier molecular flexibility index (Phi) is 9.02. The summed E-state index contributed by atoms with van der Waals surface area (Å²) in [5.74, 6) is -1.15. The molecule has 2 amide bonds. The number of hydroxylamine groups is 1. The van der Waals surface area contributed by atoms with Gasteiger partial charge in [0.15, 0.2) is 6.61 Å². The standard InChI is InChI=1S/C9H19N3O5/c1-12(5-6-16-2)4-3-10-9(15)11-17-7-8(13)14/h3-7H2,1-2H3,(H,13,14)(H2,10,11,15). The Morgan fingerprint density at radius 2 is 2.06 bits per heavy atom. The third-order valence-corrected chi connectivity index (χ3v) is 1.82. The first-order valence-electron chi connectivity index (χ1n) is 5.11. The Hall–Kier alpha value is -1.38. The van der Waals surface area contributed by atoms with Gasteiger partial charge in [-0.15, -0.1) is 0 Å². The van der Waals surface area contributed by atoms with Crippen molar-refractivity contribution in [1.82, 2.24) is 15.7 Å². The summed E-state index contributed by atoms with van der Waals surface area (Å²) in [6.45, 7) is 1.93. The van der Waals surface area contributed by atoms with Crippen LogP contribution in [0.25, 0.3) is 0 Å². The van der Waals surface area contributed by atoms with Gasteiger partial charge >= 0.3 is 12.0 Å². The molecule has 0 atom stereocenters. The second-order valence-electron chi connectivity index (χ2n) is 3.34. The Balaban J connectivity index is 3.41. The molecule has 0 aliphatic heterocycles. The van der Waals surface area contributed by atoms with Crippen LogP contribution in [0.1, 0.15) is 0 Å². The van der Waals surface area contributed by atoms with E-state index in [1.807, 2.05) is 17.4 Å². The van der Waals surface area contributed by atoms with E-state index in [0.717, 1.165) is 6.54 Å². The number of hydrogen-bond acceptors (Lipinski definition) is 5. The summed E-state index contributed by atoms with van der Waals surface area (Å²) >= 11 is 0. The molecule has 100 valence electrons. The van der Waals surface area contributed by atoms with Crippen LogP contribution < -0.4 is 10.8 Å². The van der Waals surface area contributed by atoms with E-state index in [4.69, 9.17) is 9.84 Å². The van der Waals surface area contributed by atoms with E-state index in [-0.39, 0.29) is 0 Å². The van der Waals surface area contributed by atoms with E-state index in [1.165, 1.54) is 0 Å². The molecule has 0 fully saturated rings. The first kappa shape index (κ1) is 15.6. The maximum Gasteiger partial charge on any atom is 0.338 e. The molecule has 8 heteroatoms. The summed E-state index contributed by atoms with van der Waals surface area (Å²) in [7, 11) is 3.53. The summed E-state index contributed by atoms with van der Waals surface area (Å²) in [6, 6.07) is -0.564. The molecule has 0 aliphatic rings. The second kappa shape index (κ2) is 9.82. The van der Waals surface area contributed by atoms with Crippen LogP contribution in [-0.2, 0) is 14.4 Å². The van der Waals surface area contributed by atoms with Crippen LogP contribution in [0.2, 0.25) is 0 Å². The minimum atomic E-state index is -1.15. The lowest BCUT2D eigenvalue weighted by molar-refractivity contribution is -0.144. The predicted octanol–water partition coefficient (Wildman–Crippen LogP) is -1.12.